The zero-order valence-corrected chi connectivity index (χ0v) is 18.1. The maximum atomic E-state index is 12.6. The summed E-state index contributed by atoms with van der Waals surface area (Å²) in [5, 5.41) is 1.40. The Balaban J connectivity index is 1.17. The summed E-state index contributed by atoms with van der Waals surface area (Å²) in [6.45, 7) is 5.76. The first-order chi connectivity index (χ1) is 15.1. The number of fused-ring (bicyclic) bond motifs is 1. The molecule has 3 aliphatic rings. The number of carbonyl (C=O) groups excluding carboxylic acids is 1. The molecule has 0 unspecified atom stereocenters. The van der Waals surface area contributed by atoms with Crippen LogP contribution in [-0.4, -0.2) is 40.8 Å². The summed E-state index contributed by atoms with van der Waals surface area (Å²) in [5.74, 6) is 0. The molecular weight excluding hydrogens is 386 g/mol. The Morgan fingerprint density at radius 2 is 1.81 bits per heavy atom. The molecule has 31 heavy (non-hydrogen) atoms. The van der Waals surface area contributed by atoms with E-state index in [0.29, 0.717) is 12.6 Å². The second-order valence-corrected chi connectivity index (χ2v) is 9.51. The average molecular weight is 416 g/mol. The van der Waals surface area contributed by atoms with Gasteiger partial charge in [-0.1, -0.05) is 36.4 Å². The van der Waals surface area contributed by atoms with Crippen LogP contribution in [0.3, 0.4) is 0 Å². The quantitative estimate of drug-likeness (QED) is 0.582. The molecule has 3 heterocycles. The lowest BCUT2D eigenvalue weighted by Crippen LogP contribution is -2.46. The second-order valence-electron chi connectivity index (χ2n) is 9.51. The Morgan fingerprint density at radius 1 is 1.03 bits per heavy atom. The van der Waals surface area contributed by atoms with Crippen LogP contribution in [-0.2, 0) is 11.3 Å². The predicted octanol–water partition coefficient (Wildman–Crippen LogP) is 5.28. The Bertz CT molecular complexity index is 1120. The van der Waals surface area contributed by atoms with Gasteiger partial charge in [-0.05, 0) is 43.0 Å². The summed E-state index contributed by atoms with van der Waals surface area (Å²) < 4.78 is 8.46. The molecule has 0 atom stereocenters. The molecule has 5 nitrogen and oxygen atoms in total. The van der Waals surface area contributed by atoms with Gasteiger partial charge in [0.1, 0.15) is 5.60 Å². The predicted molar refractivity (Wildman–Crippen MR) is 122 cm³/mol. The lowest BCUT2D eigenvalue weighted by Gasteiger charge is -2.37. The van der Waals surface area contributed by atoms with Gasteiger partial charge in [0.2, 0.25) is 0 Å². The van der Waals surface area contributed by atoms with E-state index in [1.54, 1.807) is 4.90 Å². The molecule has 1 aromatic heterocycles. The van der Waals surface area contributed by atoms with Gasteiger partial charge in [-0.3, -0.25) is 9.80 Å². The second kappa shape index (κ2) is 7.13. The zero-order chi connectivity index (χ0) is 21.0. The van der Waals surface area contributed by atoms with Crippen LogP contribution >= 0.6 is 0 Å². The molecule has 1 amide bonds. The van der Waals surface area contributed by atoms with Crippen molar-refractivity contribution in [2.24, 2.45) is 0 Å². The Morgan fingerprint density at radius 3 is 2.55 bits per heavy atom. The zero-order valence-electron chi connectivity index (χ0n) is 18.1. The lowest BCUT2D eigenvalue weighted by molar-refractivity contribution is -0.000888. The number of rotatable bonds is 4. The van der Waals surface area contributed by atoms with Gasteiger partial charge in [0.25, 0.3) is 0 Å². The van der Waals surface area contributed by atoms with Crippen LogP contribution in [0.15, 0.2) is 54.7 Å². The monoisotopic (exact) mass is 415 g/mol. The fourth-order valence-electron chi connectivity index (χ4n) is 5.38. The topological polar surface area (TPSA) is 37.7 Å². The highest BCUT2D eigenvalue weighted by Gasteiger charge is 2.47. The van der Waals surface area contributed by atoms with Gasteiger partial charge in [-0.25, -0.2) is 4.79 Å². The highest BCUT2D eigenvalue weighted by molar-refractivity contribution is 5.90. The first-order valence-corrected chi connectivity index (χ1v) is 11.5. The van der Waals surface area contributed by atoms with Crippen LogP contribution in [0.5, 0.6) is 0 Å². The van der Waals surface area contributed by atoms with E-state index in [1.807, 2.05) is 30.3 Å². The number of nitrogens with zero attached hydrogens (tertiary/aromatic N) is 3. The van der Waals surface area contributed by atoms with Gasteiger partial charge in [-0.15, -0.1) is 0 Å². The highest BCUT2D eigenvalue weighted by Crippen LogP contribution is 2.41. The SMILES string of the molecule is Cc1cccc2c(CN3CCC4(CC3)CN(c3ccccc3)C(=O)O4)cn(C3CC3)c12. The third-order valence-corrected chi connectivity index (χ3v) is 7.28. The van der Waals surface area contributed by atoms with Gasteiger partial charge in [-0.2, -0.15) is 0 Å². The van der Waals surface area contributed by atoms with E-state index in [-0.39, 0.29) is 11.7 Å². The van der Waals surface area contributed by atoms with Crippen LogP contribution < -0.4 is 4.90 Å². The first kappa shape index (κ1) is 18.9. The van der Waals surface area contributed by atoms with Gasteiger partial charge in [0.05, 0.1) is 12.1 Å². The normalized spacial score (nSPS) is 21.2. The van der Waals surface area contributed by atoms with Crippen molar-refractivity contribution in [3.05, 3.63) is 65.9 Å². The molecule has 3 fully saturated rings. The number of para-hydroxylation sites is 2. The van der Waals surface area contributed by atoms with Crippen LogP contribution in [0.1, 0.15) is 42.9 Å². The third kappa shape index (κ3) is 3.32. The number of anilines is 1. The molecule has 2 aliphatic heterocycles. The Kier molecular flexibility index (Phi) is 4.35. The summed E-state index contributed by atoms with van der Waals surface area (Å²) >= 11 is 0. The summed E-state index contributed by atoms with van der Waals surface area (Å²) in [6.07, 6.45) is 6.57. The number of aromatic nitrogens is 1. The van der Waals surface area contributed by atoms with Crippen molar-refractivity contribution < 1.29 is 9.53 Å². The summed E-state index contributed by atoms with van der Waals surface area (Å²) in [7, 11) is 0. The van der Waals surface area contributed by atoms with E-state index in [1.165, 1.54) is 34.9 Å². The third-order valence-electron chi connectivity index (χ3n) is 7.28. The van der Waals surface area contributed by atoms with E-state index >= 15 is 0 Å². The standard InChI is InChI=1S/C26H29N3O2/c1-19-6-5-9-23-20(17-28(24(19)23)22-10-11-22)16-27-14-12-26(13-15-27)18-29(25(30)31-26)21-7-3-2-4-8-21/h2-9,17,22H,10-16,18H2,1H3. The molecule has 0 radical (unpaired) electrons. The first-order valence-electron chi connectivity index (χ1n) is 11.5. The van der Waals surface area contributed by atoms with Crippen molar-refractivity contribution in [1.29, 1.82) is 0 Å². The molecule has 0 bridgehead atoms. The van der Waals surface area contributed by atoms with E-state index < -0.39 is 0 Å². The maximum absolute atomic E-state index is 12.6. The van der Waals surface area contributed by atoms with Gasteiger partial charge in [0.15, 0.2) is 0 Å². The molecule has 1 aliphatic carbocycles. The van der Waals surface area contributed by atoms with Gasteiger partial charge >= 0.3 is 6.09 Å². The van der Waals surface area contributed by atoms with E-state index in [4.69, 9.17) is 4.74 Å². The number of likely N-dealkylation sites (tertiary alicyclic amines) is 1. The Hall–Kier alpha value is -2.79. The lowest BCUT2D eigenvalue weighted by atomic mass is 9.91. The molecule has 2 aromatic carbocycles. The van der Waals surface area contributed by atoms with Crippen molar-refractivity contribution in [2.75, 3.05) is 24.5 Å². The molecule has 1 spiro atoms. The summed E-state index contributed by atoms with van der Waals surface area (Å²) in [4.78, 5) is 16.9. The van der Waals surface area contributed by atoms with E-state index in [0.717, 1.165) is 38.2 Å². The number of carbonyl (C=O) groups is 1. The van der Waals surface area contributed by atoms with Crippen LogP contribution in [0.25, 0.3) is 10.9 Å². The minimum Gasteiger partial charge on any atom is -0.441 e. The number of piperidine rings is 1. The van der Waals surface area contributed by atoms with Crippen molar-refractivity contribution in [2.45, 2.75) is 50.8 Å². The molecule has 0 N–H and O–H groups in total. The maximum Gasteiger partial charge on any atom is 0.415 e. The number of hydrogen-bond donors (Lipinski definition) is 0. The van der Waals surface area contributed by atoms with Gasteiger partial charge < -0.3 is 9.30 Å². The number of amides is 1. The average Bonchev–Trinajstić information content (AvgIpc) is 3.49. The van der Waals surface area contributed by atoms with Crippen molar-refractivity contribution in [3.63, 3.8) is 0 Å². The van der Waals surface area contributed by atoms with Crippen molar-refractivity contribution >= 4 is 22.7 Å². The number of aryl methyl sites for hydroxylation is 1. The van der Waals surface area contributed by atoms with E-state index in [9.17, 15) is 4.79 Å². The van der Waals surface area contributed by atoms with Crippen molar-refractivity contribution in [1.82, 2.24) is 9.47 Å². The van der Waals surface area contributed by atoms with Crippen molar-refractivity contribution in [3.8, 4) is 0 Å². The minimum atomic E-state index is -0.345. The Labute approximate surface area is 183 Å². The van der Waals surface area contributed by atoms with Crippen LogP contribution in [0.2, 0.25) is 0 Å². The van der Waals surface area contributed by atoms with Crippen LogP contribution in [0.4, 0.5) is 10.5 Å². The highest BCUT2D eigenvalue weighted by atomic mass is 16.6. The molecule has 6 rings (SSSR count). The van der Waals surface area contributed by atoms with Crippen LogP contribution in [0, 0.1) is 6.92 Å². The molecule has 3 aromatic rings. The fourth-order valence-corrected chi connectivity index (χ4v) is 5.38. The largest absolute Gasteiger partial charge is 0.441 e. The molecule has 1 saturated carbocycles. The number of benzene rings is 2. The van der Waals surface area contributed by atoms with E-state index in [2.05, 4.69) is 40.8 Å². The minimum absolute atomic E-state index is 0.206. The smallest absolute Gasteiger partial charge is 0.415 e. The molecule has 2 saturated heterocycles. The number of hydrogen-bond acceptors (Lipinski definition) is 3. The summed E-state index contributed by atoms with van der Waals surface area (Å²) in [6, 6.07) is 17.2. The fraction of sp³-hybridized carbons (Fsp3) is 0.423. The summed E-state index contributed by atoms with van der Waals surface area (Å²) in [5.41, 5.74) is 4.79. The molecular formula is C26H29N3O2. The molecule has 5 heteroatoms. The van der Waals surface area contributed by atoms with Gasteiger partial charge in [0, 0.05) is 55.8 Å². The molecule has 160 valence electrons. The number of ether oxygens (including phenoxy) is 1.